The second-order valence-electron chi connectivity index (χ2n) is 15.5. The highest BCUT2D eigenvalue weighted by molar-refractivity contribution is 7.14. The number of methoxy groups -OCH3 is 1. The van der Waals surface area contributed by atoms with Gasteiger partial charge in [-0.05, 0) is 56.6 Å². The number of carboxylic acid groups (broad SMARTS) is 1. The molecule has 1 aromatic carbocycles. The number of ether oxygens (including phenoxy) is 3. The summed E-state index contributed by atoms with van der Waals surface area (Å²) in [5.41, 5.74) is -0.903. The summed E-state index contributed by atoms with van der Waals surface area (Å²) in [6.45, 7) is 11.3. The lowest BCUT2D eigenvalue weighted by atomic mass is 9.85. The van der Waals surface area contributed by atoms with Gasteiger partial charge >= 0.3 is 18.1 Å². The fourth-order valence-corrected chi connectivity index (χ4v) is 7.98. The van der Waals surface area contributed by atoms with Gasteiger partial charge in [-0.25, -0.2) is 24.4 Å². The summed E-state index contributed by atoms with van der Waals surface area (Å²) in [5, 5.41) is 23.7. The van der Waals surface area contributed by atoms with Crippen LogP contribution in [0.15, 0.2) is 42.3 Å². The number of nitrogens with zero attached hydrogens (tertiary/aromatic N) is 3. The number of hydrogen-bond donors (Lipinski definition) is 5. The molecule has 2 aliphatic carbocycles. The van der Waals surface area contributed by atoms with Crippen LogP contribution in [-0.4, -0.2) is 99.9 Å². The summed E-state index contributed by atoms with van der Waals surface area (Å²) in [6.07, 6.45) is 3.40. The molecule has 300 valence electrons. The molecule has 0 radical (unpaired) electrons. The van der Waals surface area contributed by atoms with Gasteiger partial charge < -0.3 is 40.2 Å². The van der Waals surface area contributed by atoms with Crippen LogP contribution in [0, 0.1) is 11.3 Å². The number of aliphatic carboxylic acids is 1. The quantitative estimate of drug-likeness (QED) is 0.144. The van der Waals surface area contributed by atoms with Gasteiger partial charge in [-0.1, -0.05) is 26.8 Å². The average Bonchev–Trinajstić information content (AvgIpc) is 3.56. The molecule has 0 unspecified atom stereocenters. The fraction of sp³-hybridized carbons (Fsp3) is 0.513. The molecule has 1 saturated heterocycles. The standard InChI is InChI=1S/C39H49N7O9S/c1-7-21-18-39(21,34(49)50)45-32(47)29-16-24(19-46(29)33(48)31(38(3,4)5)43-37(52)55-22-11-9-10-12-22)54-30-17-27(41-26-15-23(53-6)13-14-25(26)30)28-20-56-36(42-28)44-35(51)40-8-2/h7,13-15,17,20-22,24,29,31H,1,8-12,16,18-19H2,2-6H3,(H,43,52)(H,45,47)(H,49,50)(H2,40,42,44,51)/t21-,24-,29+,31-,39-/m1/s1. The molecule has 5 amide bonds. The Labute approximate surface area is 328 Å². The molecule has 3 heterocycles. The second kappa shape index (κ2) is 16.3. The van der Waals surface area contributed by atoms with E-state index in [9.17, 15) is 29.1 Å². The number of fused-ring (bicyclic) bond motifs is 1. The van der Waals surface area contributed by atoms with E-state index in [1.807, 2.05) is 0 Å². The number of carbonyl (C=O) groups excluding carboxylic acids is 4. The minimum Gasteiger partial charge on any atom is -0.497 e. The third kappa shape index (κ3) is 8.67. The molecule has 1 aliphatic heterocycles. The van der Waals surface area contributed by atoms with E-state index in [4.69, 9.17) is 19.2 Å². The van der Waals surface area contributed by atoms with Crippen molar-refractivity contribution in [1.82, 2.24) is 30.8 Å². The van der Waals surface area contributed by atoms with Gasteiger partial charge in [0.05, 0.1) is 24.9 Å². The van der Waals surface area contributed by atoms with Crippen molar-refractivity contribution < 1.29 is 43.3 Å². The highest BCUT2D eigenvalue weighted by Crippen LogP contribution is 2.45. The molecule has 0 bridgehead atoms. The molecule has 3 aromatic rings. The summed E-state index contributed by atoms with van der Waals surface area (Å²) in [7, 11) is 1.54. The molecule has 56 heavy (non-hydrogen) atoms. The lowest BCUT2D eigenvalue weighted by molar-refractivity contribution is -0.146. The number of anilines is 1. The van der Waals surface area contributed by atoms with Crippen LogP contribution in [0.25, 0.3) is 22.3 Å². The van der Waals surface area contributed by atoms with Crippen molar-refractivity contribution >= 4 is 57.3 Å². The smallest absolute Gasteiger partial charge is 0.408 e. The molecule has 5 atom stereocenters. The zero-order valence-corrected chi connectivity index (χ0v) is 33.0. The van der Waals surface area contributed by atoms with Crippen molar-refractivity contribution in [3.05, 3.63) is 42.3 Å². The van der Waals surface area contributed by atoms with Crippen LogP contribution in [0.5, 0.6) is 11.5 Å². The fourth-order valence-electron chi connectivity index (χ4n) is 7.28. The van der Waals surface area contributed by atoms with Crippen molar-refractivity contribution in [1.29, 1.82) is 0 Å². The number of pyridine rings is 1. The Kier molecular flexibility index (Phi) is 11.7. The van der Waals surface area contributed by atoms with Crippen molar-refractivity contribution in [2.75, 3.05) is 25.5 Å². The summed E-state index contributed by atoms with van der Waals surface area (Å²) in [5.74, 6) is -1.92. The molecule has 6 rings (SSSR count). The zero-order valence-electron chi connectivity index (χ0n) is 32.2. The maximum atomic E-state index is 14.6. The largest absolute Gasteiger partial charge is 0.497 e. The molecule has 0 spiro atoms. The first kappa shape index (κ1) is 40.2. The number of hydrogen-bond acceptors (Lipinski definition) is 11. The lowest BCUT2D eigenvalue weighted by Crippen LogP contribution is -2.59. The van der Waals surface area contributed by atoms with E-state index in [0.29, 0.717) is 45.5 Å². The number of thiazole rings is 1. The van der Waals surface area contributed by atoms with Gasteiger partial charge in [-0.3, -0.25) is 14.9 Å². The highest BCUT2D eigenvalue weighted by Gasteiger charge is 2.61. The van der Waals surface area contributed by atoms with E-state index >= 15 is 0 Å². The van der Waals surface area contributed by atoms with Crippen molar-refractivity contribution in [3.8, 4) is 22.9 Å². The number of nitrogens with one attached hydrogen (secondary N) is 4. The number of alkyl carbamates (subject to hydrolysis) is 1. The van der Waals surface area contributed by atoms with Crippen molar-refractivity contribution in [3.63, 3.8) is 0 Å². The molecule has 2 aromatic heterocycles. The predicted molar refractivity (Wildman–Crippen MR) is 209 cm³/mol. The van der Waals surface area contributed by atoms with Gasteiger partial charge in [-0.15, -0.1) is 17.9 Å². The number of amides is 5. The third-order valence-electron chi connectivity index (χ3n) is 10.4. The number of urea groups is 1. The van der Waals surface area contributed by atoms with E-state index < -0.39 is 65.0 Å². The number of likely N-dealkylation sites (tertiary alicyclic amines) is 1. The van der Waals surface area contributed by atoms with Crippen LogP contribution in [0.1, 0.15) is 66.2 Å². The Balaban J connectivity index is 1.32. The van der Waals surface area contributed by atoms with E-state index in [2.05, 4.69) is 32.8 Å². The maximum absolute atomic E-state index is 14.6. The van der Waals surface area contributed by atoms with Crippen LogP contribution in [0.4, 0.5) is 14.7 Å². The van der Waals surface area contributed by atoms with Gasteiger partial charge in [-0.2, -0.15) is 0 Å². The SMILES string of the molecule is C=C[C@@H]1C[C@]1(NC(=O)[C@@H]1C[C@@H](Oc2cc(-c3csc(NC(=O)NCC)n3)nc3cc(OC)ccc23)CN1C(=O)[C@@H](NC(=O)OC1CCCC1)C(C)(C)C)C(=O)O. The van der Waals surface area contributed by atoms with Crippen molar-refractivity contribution in [2.24, 2.45) is 11.3 Å². The normalized spacial score (nSPS) is 22.5. The molecule has 3 fully saturated rings. The first-order valence-corrected chi connectivity index (χ1v) is 19.7. The van der Waals surface area contributed by atoms with Crippen LogP contribution >= 0.6 is 11.3 Å². The predicted octanol–water partition coefficient (Wildman–Crippen LogP) is 5.09. The number of benzene rings is 1. The molecular formula is C39H49N7O9S. The summed E-state index contributed by atoms with van der Waals surface area (Å²) < 4.78 is 17.8. The average molecular weight is 792 g/mol. The maximum Gasteiger partial charge on any atom is 0.408 e. The third-order valence-corrected chi connectivity index (χ3v) is 11.2. The summed E-state index contributed by atoms with van der Waals surface area (Å²) in [6, 6.07) is 4.38. The topological polar surface area (TPSA) is 210 Å². The lowest BCUT2D eigenvalue weighted by Gasteiger charge is -2.35. The number of carbonyl (C=O) groups is 5. The highest BCUT2D eigenvalue weighted by atomic mass is 32.1. The number of aromatic nitrogens is 2. The first-order chi connectivity index (χ1) is 26.6. The van der Waals surface area contributed by atoms with E-state index in [-0.39, 0.29) is 25.5 Å². The Hall–Kier alpha value is -5.45. The van der Waals surface area contributed by atoms with Crippen molar-refractivity contribution in [2.45, 2.75) is 96.1 Å². The van der Waals surface area contributed by atoms with Gasteiger partial charge in [0.2, 0.25) is 11.8 Å². The Morgan fingerprint density at radius 3 is 2.50 bits per heavy atom. The van der Waals surface area contributed by atoms with Gasteiger partial charge in [0.15, 0.2) is 5.13 Å². The van der Waals surface area contributed by atoms with Crippen LogP contribution in [0.3, 0.4) is 0 Å². The Bertz CT molecular complexity index is 2010. The number of carboxylic acids is 1. The van der Waals surface area contributed by atoms with E-state index in [0.717, 1.165) is 25.7 Å². The van der Waals surface area contributed by atoms with Crippen LogP contribution in [0.2, 0.25) is 0 Å². The van der Waals surface area contributed by atoms with Crippen LogP contribution in [-0.2, 0) is 19.1 Å². The van der Waals surface area contributed by atoms with Gasteiger partial charge in [0, 0.05) is 41.8 Å². The molecule has 17 heteroatoms. The van der Waals surface area contributed by atoms with E-state index in [1.165, 1.54) is 22.3 Å². The monoisotopic (exact) mass is 791 g/mol. The molecule has 3 aliphatic rings. The molecule has 5 N–H and O–H groups in total. The van der Waals surface area contributed by atoms with Gasteiger partial charge in [0.25, 0.3) is 0 Å². The Morgan fingerprint density at radius 2 is 1.86 bits per heavy atom. The summed E-state index contributed by atoms with van der Waals surface area (Å²) >= 11 is 1.22. The summed E-state index contributed by atoms with van der Waals surface area (Å²) in [4.78, 5) is 77.0. The minimum atomic E-state index is -1.53. The van der Waals surface area contributed by atoms with E-state index in [1.54, 1.807) is 64.5 Å². The second-order valence-corrected chi connectivity index (χ2v) is 16.3. The van der Waals surface area contributed by atoms with Gasteiger partial charge in [0.1, 0.15) is 47.0 Å². The molecular weight excluding hydrogens is 743 g/mol. The first-order valence-electron chi connectivity index (χ1n) is 18.8. The number of rotatable bonds is 13. The van der Waals surface area contributed by atoms with Crippen LogP contribution < -0.4 is 30.7 Å². The Morgan fingerprint density at radius 1 is 1.11 bits per heavy atom. The zero-order chi connectivity index (χ0) is 40.4. The minimum absolute atomic E-state index is 0.0159. The molecule has 16 nitrogen and oxygen atoms in total. The molecule has 2 saturated carbocycles.